The number of rotatable bonds is 6. The topological polar surface area (TPSA) is 69.6 Å². The zero-order chi connectivity index (χ0) is 16.0. The van der Waals surface area contributed by atoms with E-state index in [2.05, 4.69) is 21.2 Å². The van der Waals surface area contributed by atoms with E-state index < -0.39 is 5.97 Å². The van der Waals surface area contributed by atoms with Gasteiger partial charge in [-0.3, -0.25) is 4.79 Å². The number of benzene rings is 1. The van der Waals surface area contributed by atoms with Crippen molar-refractivity contribution in [2.45, 2.75) is 32.7 Å². The molecular weight excluding hydrogens is 360 g/mol. The lowest BCUT2D eigenvalue weighted by Gasteiger charge is -2.27. The van der Waals surface area contributed by atoms with Gasteiger partial charge in [-0.2, -0.15) is 0 Å². The van der Waals surface area contributed by atoms with E-state index in [0.717, 1.165) is 0 Å². The number of urea groups is 1. The predicted molar refractivity (Wildman–Crippen MR) is 86.9 cm³/mol. The molecule has 0 aliphatic carbocycles. The standard InChI is InChI=1S/C14H18BrClN2O3/c1-9(2)18(8-4-7-12(19)20)14(21)17-11-6-3-5-10(16)13(11)15/h3,5-6,9H,4,7-8H2,1-2H3,(H,17,21)(H,19,20). The number of carbonyl (C=O) groups is 2. The molecule has 116 valence electrons. The highest BCUT2D eigenvalue weighted by Gasteiger charge is 2.18. The smallest absolute Gasteiger partial charge is 0.322 e. The fourth-order valence-electron chi connectivity index (χ4n) is 1.78. The summed E-state index contributed by atoms with van der Waals surface area (Å²) in [5.74, 6) is -0.864. The molecule has 0 spiro atoms. The zero-order valence-electron chi connectivity index (χ0n) is 11.9. The first-order valence-electron chi connectivity index (χ1n) is 6.56. The van der Waals surface area contributed by atoms with Crippen LogP contribution in [0.5, 0.6) is 0 Å². The highest BCUT2D eigenvalue weighted by molar-refractivity contribution is 9.10. The van der Waals surface area contributed by atoms with E-state index in [0.29, 0.717) is 28.1 Å². The molecule has 0 aromatic heterocycles. The van der Waals surface area contributed by atoms with Crippen molar-refractivity contribution in [1.82, 2.24) is 4.90 Å². The first kappa shape index (κ1) is 17.8. The monoisotopic (exact) mass is 376 g/mol. The molecule has 7 heteroatoms. The van der Waals surface area contributed by atoms with Gasteiger partial charge in [0.2, 0.25) is 0 Å². The lowest BCUT2D eigenvalue weighted by atomic mass is 10.2. The summed E-state index contributed by atoms with van der Waals surface area (Å²) in [5.41, 5.74) is 0.580. The predicted octanol–water partition coefficient (Wildman–Crippen LogP) is 4.21. The van der Waals surface area contributed by atoms with Crippen molar-refractivity contribution in [3.63, 3.8) is 0 Å². The van der Waals surface area contributed by atoms with Crippen molar-refractivity contribution in [2.75, 3.05) is 11.9 Å². The van der Waals surface area contributed by atoms with Crippen molar-refractivity contribution in [1.29, 1.82) is 0 Å². The van der Waals surface area contributed by atoms with E-state index in [4.69, 9.17) is 16.7 Å². The van der Waals surface area contributed by atoms with E-state index in [1.807, 2.05) is 13.8 Å². The number of carboxylic acids is 1. The number of nitrogens with zero attached hydrogens (tertiary/aromatic N) is 1. The maximum Gasteiger partial charge on any atom is 0.322 e. The second-order valence-electron chi connectivity index (χ2n) is 4.82. The number of carbonyl (C=O) groups excluding carboxylic acids is 1. The van der Waals surface area contributed by atoms with Gasteiger partial charge in [0.15, 0.2) is 0 Å². The highest BCUT2D eigenvalue weighted by atomic mass is 79.9. The second-order valence-corrected chi connectivity index (χ2v) is 6.02. The van der Waals surface area contributed by atoms with Crippen LogP contribution < -0.4 is 5.32 Å². The van der Waals surface area contributed by atoms with E-state index in [1.54, 1.807) is 23.1 Å². The van der Waals surface area contributed by atoms with E-state index in [1.165, 1.54) is 0 Å². The molecule has 0 aliphatic rings. The SMILES string of the molecule is CC(C)N(CCCC(=O)O)C(=O)Nc1cccc(Cl)c1Br. The Morgan fingerprint density at radius 1 is 1.43 bits per heavy atom. The maximum absolute atomic E-state index is 12.3. The summed E-state index contributed by atoms with van der Waals surface area (Å²) in [5, 5.41) is 12.0. The quantitative estimate of drug-likeness (QED) is 0.780. The molecule has 0 bridgehead atoms. The minimum Gasteiger partial charge on any atom is -0.481 e. The van der Waals surface area contributed by atoms with Crippen molar-refractivity contribution >= 4 is 45.2 Å². The number of amides is 2. The molecule has 0 saturated carbocycles. The molecular formula is C14H18BrClN2O3. The Bertz CT molecular complexity index is 523. The van der Waals surface area contributed by atoms with Crippen LogP contribution in [0.15, 0.2) is 22.7 Å². The molecule has 0 unspecified atom stereocenters. The van der Waals surface area contributed by atoms with Gasteiger partial charge in [-0.15, -0.1) is 0 Å². The van der Waals surface area contributed by atoms with Crippen molar-refractivity contribution in [3.05, 3.63) is 27.7 Å². The fraction of sp³-hybridized carbons (Fsp3) is 0.429. The first-order valence-corrected chi connectivity index (χ1v) is 7.73. The average molecular weight is 378 g/mol. The van der Waals surface area contributed by atoms with Gasteiger partial charge in [-0.1, -0.05) is 17.7 Å². The normalized spacial score (nSPS) is 10.5. The summed E-state index contributed by atoms with van der Waals surface area (Å²) in [6.07, 6.45) is 0.453. The van der Waals surface area contributed by atoms with Crippen LogP contribution in [-0.4, -0.2) is 34.6 Å². The van der Waals surface area contributed by atoms with Crippen molar-refractivity contribution in [2.24, 2.45) is 0 Å². The fourth-order valence-corrected chi connectivity index (χ4v) is 2.32. The largest absolute Gasteiger partial charge is 0.481 e. The van der Waals surface area contributed by atoms with Crippen LogP contribution in [0.3, 0.4) is 0 Å². The molecule has 0 heterocycles. The molecule has 0 aliphatic heterocycles. The Morgan fingerprint density at radius 3 is 2.67 bits per heavy atom. The number of anilines is 1. The Hall–Kier alpha value is -1.27. The van der Waals surface area contributed by atoms with Gasteiger partial charge < -0.3 is 15.3 Å². The summed E-state index contributed by atoms with van der Waals surface area (Å²) in [6.45, 7) is 4.15. The summed E-state index contributed by atoms with van der Waals surface area (Å²) < 4.78 is 0.620. The van der Waals surface area contributed by atoms with Crippen molar-refractivity contribution < 1.29 is 14.7 Å². The molecule has 0 atom stereocenters. The zero-order valence-corrected chi connectivity index (χ0v) is 14.2. The summed E-state index contributed by atoms with van der Waals surface area (Å²) in [7, 11) is 0. The summed E-state index contributed by atoms with van der Waals surface area (Å²) >= 11 is 9.30. The van der Waals surface area contributed by atoms with Gasteiger partial charge in [0.1, 0.15) is 0 Å². The number of hydrogen-bond acceptors (Lipinski definition) is 2. The van der Waals surface area contributed by atoms with E-state index >= 15 is 0 Å². The lowest BCUT2D eigenvalue weighted by Crippen LogP contribution is -2.40. The highest BCUT2D eigenvalue weighted by Crippen LogP contribution is 2.30. The van der Waals surface area contributed by atoms with Crippen LogP contribution >= 0.6 is 27.5 Å². The van der Waals surface area contributed by atoms with E-state index in [-0.39, 0.29) is 18.5 Å². The lowest BCUT2D eigenvalue weighted by molar-refractivity contribution is -0.137. The second kappa shape index (κ2) is 8.24. The third-order valence-electron chi connectivity index (χ3n) is 2.87. The Labute approximate surface area is 137 Å². The van der Waals surface area contributed by atoms with Crippen LogP contribution in [-0.2, 0) is 4.79 Å². The van der Waals surface area contributed by atoms with Crippen LogP contribution in [0.1, 0.15) is 26.7 Å². The molecule has 2 amide bonds. The van der Waals surface area contributed by atoms with Gasteiger partial charge in [0.25, 0.3) is 0 Å². The van der Waals surface area contributed by atoms with Gasteiger partial charge in [0, 0.05) is 19.0 Å². The molecule has 1 rings (SSSR count). The molecule has 5 nitrogen and oxygen atoms in total. The van der Waals surface area contributed by atoms with Gasteiger partial charge in [-0.25, -0.2) is 4.79 Å². The minimum atomic E-state index is -0.864. The average Bonchev–Trinajstić information content (AvgIpc) is 2.39. The van der Waals surface area contributed by atoms with Crippen LogP contribution in [0, 0.1) is 0 Å². The molecule has 0 fully saturated rings. The minimum absolute atomic E-state index is 0.0308. The van der Waals surface area contributed by atoms with Crippen LogP contribution in [0.2, 0.25) is 5.02 Å². The molecule has 21 heavy (non-hydrogen) atoms. The third-order valence-corrected chi connectivity index (χ3v) is 4.26. The number of nitrogens with one attached hydrogen (secondary N) is 1. The molecule has 1 aromatic carbocycles. The Kier molecular flexibility index (Phi) is 6.98. The molecule has 0 saturated heterocycles. The number of carboxylic acid groups (broad SMARTS) is 1. The molecule has 2 N–H and O–H groups in total. The van der Waals surface area contributed by atoms with Crippen LogP contribution in [0.4, 0.5) is 10.5 Å². The summed E-state index contributed by atoms with van der Waals surface area (Å²) in [6, 6.07) is 4.89. The maximum atomic E-state index is 12.3. The van der Waals surface area contributed by atoms with Gasteiger partial charge in [-0.05, 0) is 48.3 Å². The molecule has 1 aromatic rings. The van der Waals surface area contributed by atoms with Gasteiger partial charge >= 0.3 is 12.0 Å². The third kappa shape index (κ3) is 5.55. The van der Waals surface area contributed by atoms with E-state index in [9.17, 15) is 9.59 Å². The Balaban J connectivity index is 2.73. The Morgan fingerprint density at radius 2 is 2.10 bits per heavy atom. The number of aliphatic carboxylic acids is 1. The number of hydrogen-bond donors (Lipinski definition) is 2. The van der Waals surface area contributed by atoms with Gasteiger partial charge in [0.05, 0.1) is 15.2 Å². The first-order chi connectivity index (χ1) is 9.82. The van der Waals surface area contributed by atoms with Crippen LogP contribution in [0.25, 0.3) is 0 Å². The molecule has 0 radical (unpaired) electrons. The summed E-state index contributed by atoms with van der Waals surface area (Å²) in [4.78, 5) is 24.4. The van der Waals surface area contributed by atoms with Crippen molar-refractivity contribution in [3.8, 4) is 0 Å². The number of halogens is 2.